The zero-order chi connectivity index (χ0) is 29.2. The number of fused-ring (bicyclic) bond motifs is 1. The lowest BCUT2D eigenvalue weighted by Crippen LogP contribution is -2.60. The highest BCUT2D eigenvalue weighted by molar-refractivity contribution is 5.73. The maximum absolute atomic E-state index is 14.2. The van der Waals surface area contributed by atoms with Crippen LogP contribution < -0.4 is 10.1 Å². The van der Waals surface area contributed by atoms with E-state index < -0.39 is 11.9 Å². The number of halogens is 1. The van der Waals surface area contributed by atoms with Gasteiger partial charge in [-0.1, -0.05) is 48.5 Å². The number of hydrogen-bond donors (Lipinski definition) is 1. The molecule has 3 aromatic rings. The third kappa shape index (κ3) is 6.97. The van der Waals surface area contributed by atoms with Crippen LogP contribution >= 0.6 is 0 Å². The van der Waals surface area contributed by atoms with Crippen molar-refractivity contribution in [1.82, 2.24) is 5.32 Å². The molecule has 3 aromatic carbocycles. The lowest BCUT2D eigenvalue weighted by Gasteiger charge is -2.47. The zero-order valence-electron chi connectivity index (χ0n) is 24.5. The maximum Gasteiger partial charge on any atom is 0.227 e. The van der Waals surface area contributed by atoms with Gasteiger partial charge in [0, 0.05) is 19.4 Å². The van der Waals surface area contributed by atoms with Gasteiger partial charge in [-0.15, -0.1) is 0 Å². The minimum absolute atomic E-state index is 0.0714. The highest BCUT2D eigenvalue weighted by Crippen LogP contribution is 2.48. The van der Waals surface area contributed by atoms with E-state index >= 15 is 0 Å². The molecule has 1 amide bonds. The Balaban J connectivity index is 1.40. The molecule has 0 spiro atoms. The van der Waals surface area contributed by atoms with E-state index in [-0.39, 0.29) is 35.5 Å². The predicted molar refractivity (Wildman–Crippen MR) is 156 cm³/mol. The van der Waals surface area contributed by atoms with E-state index in [1.165, 1.54) is 19.1 Å². The van der Waals surface area contributed by atoms with E-state index in [0.29, 0.717) is 25.3 Å². The molecule has 2 heterocycles. The summed E-state index contributed by atoms with van der Waals surface area (Å²) in [6.45, 7) is 10.7. The molecule has 1 N–H and O–H groups in total. The fourth-order valence-electron chi connectivity index (χ4n) is 6.13. The Morgan fingerprint density at radius 3 is 2.51 bits per heavy atom. The Kier molecular flexibility index (Phi) is 8.50. The molecule has 2 aliphatic rings. The average Bonchev–Trinajstić information content (AvgIpc) is 3.24. The predicted octanol–water partition coefficient (Wildman–Crippen LogP) is 6.45. The van der Waals surface area contributed by atoms with Crippen molar-refractivity contribution in [2.24, 2.45) is 5.92 Å². The number of amides is 1. The van der Waals surface area contributed by atoms with E-state index in [2.05, 4.69) is 31.3 Å². The molecule has 0 saturated carbocycles. The fraction of sp³-hybridized carbons (Fsp3) is 0.441. The number of carbonyl (C=O) groups excluding carboxylic acids is 1. The molecule has 2 saturated heterocycles. The first-order chi connectivity index (χ1) is 19.5. The summed E-state index contributed by atoms with van der Waals surface area (Å²) >= 11 is 0. The third-order valence-electron chi connectivity index (χ3n) is 7.88. The summed E-state index contributed by atoms with van der Waals surface area (Å²) in [5.74, 6) is 0.269. The second-order valence-corrected chi connectivity index (χ2v) is 12.2. The van der Waals surface area contributed by atoms with E-state index in [1.54, 1.807) is 6.07 Å². The summed E-state index contributed by atoms with van der Waals surface area (Å²) in [4.78, 5) is 11.4. The second kappa shape index (κ2) is 11.9. The smallest absolute Gasteiger partial charge is 0.227 e. The lowest BCUT2D eigenvalue weighted by atomic mass is 9.79. The van der Waals surface area contributed by atoms with Crippen LogP contribution in [0.1, 0.15) is 52.2 Å². The molecule has 0 radical (unpaired) electrons. The van der Waals surface area contributed by atoms with Crippen LogP contribution in [-0.2, 0) is 32.0 Å². The SMILES string of the molecule is CC(=O)NCCc1ccc(O[C@@H]2OC(C)(C)[C@H](OCc3ccccc3)[C@H]3CC(C)(C)O[C@@H]23)cc1-c1cccc(F)c1. The van der Waals surface area contributed by atoms with Crippen LogP contribution in [0.4, 0.5) is 4.39 Å². The topological polar surface area (TPSA) is 66.0 Å². The van der Waals surface area contributed by atoms with Crippen molar-refractivity contribution in [2.75, 3.05) is 6.54 Å². The molecule has 41 heavy (non-hydrogen) atoms. The van der Waals surface area contributed by atoms with Gasteiger partial charge in [-0.3, -0.25) is 4.79 Å². The summed E-state index contributed by atoms with van der Waals surface area (Å²) in [6.07, 6.45) is 0.254. The van der Waals surface area contributed by atoms with Crippen molar-refractivity contribution in [3.8, 4) is 16.9 Å². The van der Waals surface area contributed by atoms with E-state index in [0.717, 1.165) is 28.7 Å². The number of benzene rings is 3. The molecule has 0 bridgehead atoms. The van der Waals surface area contributed by atoms with Crippen molar-refractivity contribution in [3.05, 3.63) is 89.7 Å². The molecule has 7 heteroatoms. The lowest BCUT2D eigenvalue weighted by molar-refractivity contribution is -0.295. The van der Waals surface area contributed by atoms with Gasteiger partial charge in [-0.05, 0) is 87.1 Å². The van der Waals surface area contributed by atoms with Crippen LogP contribution in [0, 0.1) is 11.7 Å². The van der Waals surface area contributed by atoms with Crippen LogP contribution in [0.15, 0.2) is 72.8 Å². The van der Waals surface area contributed by atoms with Gasteiger partial charge >= 0.3 is 0 Å². The monoisotopic (exact) mass is 561 g/mol. The third-order valence-corrected chi connectivity index (χ3v) is 7.88. The Morgan fingerprint density at radius 2 is 1.78 bits per heavy atom. The van der Waals surface area contributed by atoms with Gasteiger partial charge in [0.15, 0.2) is 0 Å². The van der Waals surface area contributed by atoms with Gasteiger partial charge in [0.2, 0.25) is 12.2 Å². The van der Waals surface area contributed by atoms with Crippen molar-refractivity contribution in [1.29, 1.82) is 0 Å². The van der Waals surface area contributed by atoms with Crippen LogP contribution in [-0.4, -0.2) is 42.2 Å². The van der Waals surface area contributed by atoms with Crippen LogP contribution in [0.2, 0.25) is 0 Å². The van der Waals surface area contributed by atoms with Gasteiger partial charge < -0.3 is 24.3 Å². The zero-order valence-corrected chi connectivity index (χ0v) is 24.5. The molecule has 0 aromatic heterocycles. The minimum atomic E-state index is -0.654. The number of hydrogen-bond acceptors (Lipinski definition) is 5. The van der Waals surface area contributed by atoms with Crippen molar-refractivity contribution < 1.29 is 28.1 Å². The first kappa shape index (κ1) is 29.2. The number of ether oxygens (including phenoxy) is 4. The summed E-state index contributed by atoms with van der Waals surface area (Å²) < 4.78 is 40.4. The molecular formula is C34H40FNO5. The van der Waals surface area contributed by atoms with E-state index in [4.69, 9.17) is 18.9 Å². The molecule has 2 aliphatic heterocycles. The summed E-state index contributed by atoms with van der Waals surface area (Å²) in [5, 5.41) is 2.84. The van der Waals surface area contributed by atoms with E-state index in [1.807, 2.05) is 56.3 Å². The molecule has 2 fully saturated rings. The Labute approximate surface area is 242 Å². The Bertz CT molecular complexity index is 1360. The normalized spacial score (nSPS) is 24.4. The Morgan fingerprint density at radius 1 is 1.00 bits per heavy atom. The van der Waals surface area contributed by atoms with Gasteiger partial charge in [-0.25, -0.2) is 4.39 Å². The molecule has 218 valence electrons. The summed E-state index contributed by atoms with van der Waals surface area (Å²) in [7, 11) is 0. The van der Waals surface area contributed by atoms with Crippen LogP contribution in [0.25, 0.3) is 11.1 Å². The van der Waals surface area contributed by atoms with Crippen molar-refractivity contribution in [2.45, 2.75) is 83.8 Å². The first-order valence-corrected chi connectivity index (χ1v) is 14.3. The van der Waals surface area contributed by atoms with Crippen LogP contribution in [0.5, 0.6) is 5.75 Å². The van der Waals surface area contributed by atoms with Gasteiger partial charge in [0.1, 0.15) is 17.7 Å². The van der Waals surface area contributed by atoms with Gasteiger partial charge in [0.25, 0.3) is 0 Å². The highest BCUT2D eigenvalue weighted by atomic mass is 19.1. The molecule has 6 nitrogen and oxygen atoms in total. The molecule has 4 atom stereocenters. The molecular weight excluding hydrogens is 521 g/mol. The maximum atomic E-state index is 14.2. The molecule has 0 aliphatic carbocycles. The second-order valence-electron chi connectivity index (χ2n) is 12.2. The van der Waals surface area contributed by atoms with E-state index in [9.17, 15) is 9.18 Å². The summed E-state index contributed by atoms with van der Waals surface area (Å²) in [6, 6.07) is 22.4. The number of rotatable bonds is 9. The molecule has 5 rings (SSSR count). The van der Waals surface area contributed by atoms with Gasteiger partial charge in [0.05, 0.1) is 23.9 Å². The standard InChI is InChI=1S/C34H40FNO5/c1-22(37)36-17-16-24-14-15-27(19-28(24)25-12-9-13-26(35)18-25)39-32-30-29(20-33(2,3)40-30)31(34(4,5)41-32)38-21-23-10-7-6-8-11-23/h6-15,18-19,29-32H,16-17,20-21H2,1-5H3,(H,36,37)/t29-,30+,31+,32+/m0/s1. The Hall–Kier alpha value is -3.26. The van der Waals surface area contributed by atoms with Crippen molar-refractivity contribution in [3.63, 3.8) is 0 Å². The number of carbonyl (C=O) groups is 1. The molecule has 0 unspecified atom stereocenters. The minimum Gasteiger partial charge on any atom is -0.462 e. The van der Waals surface area contributed by atoms with Gasteiger partial charge in [-0.2, -0.15) is 0 Å². The fourth-order valence-corrected chi connectivity index (χ4v) is 6.13. The summed E-state index contributed by atoms with van der Waals surface area (Å²) in [5.41, 5.74) is 2.69. The largest absolute Gasteiger partial charge is 0.462 e. The first-order valence-electron chi connectivity index (χ1n) is 14.3. The average molecular weight is 562 g/mol. The number of nitrogens with one attached hydrogen (secondary N) is 1. The van der Waals surface area contributed by atoms with Crippen LogP contribution in [0.3, 0.4) is 0 Å². The quantitative estimate of drug-likeness (QED) is 0.325. The highest BCUT2D eigenvalue weighted by Gasteiger charge is 2.58. The van der Waals surface area contributed by atoms with Crippen molar-refractivity contribution >= 4 is 5.91 Å².